The second kappa shape index (κ2) is 13.4. The molecule has 2 aromatic rings. The van der Waals surface area contributed by atoms with Crippen molar-refractivity contribution < 1.29 is 48.4 Å². The molecule has 3 saturated heterocycles. The van der Waals surface area contributed by atoms with Crippen LogP contribution in [0.5, 0.6) is 5.75 Å². The van der Waals surface area contributed by atoms with Gasteiger partial charge in [-0.2, -0.15) is 5.06 Å². The fourth-order valence-electron chi connectivity index (χ4n) is 7.05. The lowest BCUT2D eigenvalue weighted by molar-refractivity contribution is -0.201. The van der Waals surface area contributed by atoms with Crippen molar-refractivity contribution >= 4 is 23.9 Å². The molecule has 3 heterocycles. The van der Waals surface area contributed by atoms with E-state index in [4.69, 9.17) is 23.8 Å². The molecular weight excluding hydrogens is 608 g/mol. The lowest BCUT2D eigenvalue weighted by Gasteiger charge is -2.49. The number of esters is 2. The van der Waals surface area contributed by atoms with E-state index in [1.807, 2.05) is 48.6 Å². The van der Waals surface area contributed by atoms with E-state index in [2.05, 4.69) is 5.32 Å². The molecule has 2 aromatic carbocycles. The lowest BCUT2D eigenvalue weighted by atomic mass is 9.62. The summed E-state index contributed by atoms with van der Waals surface area (Å²) in [5.41, 5.74) is 0.455. The van der Waals surface area contributed by atoms with Crippen LogP contribution in [0.1, 0.15) is 56.7 Å². The van der Waals surface area contributed by atoms with Crippen molar-refractivity contribution in [2.24, 2.45) is 5.41 Å². The molecule has 0 spiro atoms. The van der Waals surface area contributed by atoms with Crippen molar-refractivity contribution in [2.75, 3.05) is 13.4 Å². The number of hydrogen-bond acceptors (Lipinski definition) is 11. The van der Waals surface area contributed by atoms with Crippen LogP contribution in [0.2, 0.25) is 0 Å². The number of benzene rings is 2. The molecule has 4 aliphatic rings. The Bertz CT molecular complexity index is 1520. The molecule has 7 atom stereocenters. The number of phenols is 1. The van der Waals surface area contributed by atoms with Crippen molar-refractivity contribution in [1.29, 1.82) is 0 Å². The third-order valence-electron chi connectivity index (χ3n) is 9.18. The maximum Gasteiger partial charge on any atom is 0.327 e. The van der Waals surface area contributed by atoms with Gasteiger partial charge in [0.2, 0.25) is 5.91 Å². The van der Waals surface area contributed by atoms with Crippen LogP contribution in [0, 0.1) is 5.41 Å². The number of aliphatic hydroxyl groups excluding tert-OH is 1. The van der Waals surface area contributed by atoms with E-state index in [0.29, 0.717) is 6.42 Å². The van der Waals surface area contributed by atoms with Crippen LogP contribution in [0.25, 0.3) is 6.08 Å². The van der Waals surface area contributed by atoms with Gasteiger partial charge in [-0.3, -0.25) is 19.2 Å². The van der Waals surface area contributed by atoms with Crippen molar-refractivity contribution in [2.45, 2.75) is 95.1 Å². The highest BCUT2D eigenvalue weighted by atomic mass is 16.8. The number of phenolic OH excluding ortho intramolecular Hbond substituents is 1. The van der Waals surface area contributed by atoms with Gasteiger partial charge in [0, 0.05) is 12.8 Å². The largest absolute Gasteiger partial charge is 0.508 e. The standard InChI is InChI=1S/C35H42N2O10/c1-34(2,3)46-27(40)16-15-24(19-38)36-33(42)35-17-26-28-29(44-20-43-28)31(35)47-37(30(35)32(41)45-26)18-23-11-5-4-9-21(23)12-8-13-22-10-6-7-14-25(22)39/h4-12,14,24,26,28-31,38-39H,13,15-20H2,1-3H3,(H,36,42). The Morgan fingerprint density at radius 2 is 1.83 bits per heavy atom. The Morgan fingerprint density at radius 3 is 2.57 bits per heavy atom. The Hall–Kier alpha value is -3.81. The minimum atomic E-state index is -1.40. The van der Waals surface area contributed by atoms with Crippen molar-refractivity contribution in [3.63, 3.8) is 0 Å². The van der Waals surface area contributed by atoms with Gasteiger partial charge in [-0.25, -0.2) is 0 Å². The van der Waals surface area contributed by atoms with E-state index in [9.17, 15) is 24.6 Å². The number of aliphatic hydroxyl groups is 1. The third kappa shape index (κ3) is 6.66. The lowest BCUT2D eigenvalue weighted by Crippen LogP contribution is -2.70. The van der Waals surface area contributed by atoms with Crippen LogP contribution >= 0.6 is 0 Å². The zero-order valence-electron chi connectivity index (χ0n) is 26.8. The molecule has 0 aromatic heterocycles. The van der Waals surface area contributed by atoms with Crippen LogP contribution in [0.15, 0.2) is 54.6 Å². The molecule has 1 amide bonds. The first-order valence-electron chi connectivity index (χ1n) is 16.0. The minimum absolute atomic E-state index is 0.00817. The van der Waals surface area contributed by atoms with Gasteiger partial charge in [0.1, 0.15) is 48.0 Å². The number of amides is 1. The van der Waals surface area contributed by atoms with Gasteiger partial charge < -0.3 is 34.5 Å². The molecule has 12 heteroatoms. The summed E-state index contributed by atoms with van der Waals surface area (Å²) in [7, 11) is 0. The van der Waals surface area contributed by atoms with Crippen LogP contribution in [0.4, 0.5) is 0 Å². The fraction of sp³-hybridized carbons (Fsp3) is 0.514. The summed E-state index contributed by atoms with van der Waals surface area (Å²) in [6.07, 6.45) is 1.87. The summed E-state index contributed by atoms with van der Waals surface area (Å²) < 4.78 is 23.0. The zero-order chi connectivity index (χ0) is 33.3. The van der Waals surface area contributed by atoms with Gasteiger partial charge in [0.15, 0.2) is 6.04 Å². The topological polar surface area (TPSA) is 153 Å². The summed E-state index contributed by atoms with van der Waals surface area (Å²) in [6.45, 7) is 5.03. The molecule has 47 heavy (non-hydrogen) atoms. The molecule has 12 nitrogen and oxygen atoms in total. The summed E-state index contributed by atoms with van der Waals surface area (Å²) in [5, 5.41) is 24.7. The number of hydroxylamine groups is 2. The Labute approximate surface area is 273 Å². The van der Waals surface area contributed by atoms with Crippen LogP contribution in [-0.2, 0) is 51.1 Å². The molecule has 252 valence electrons. The Kier molecular flexibility index (Phi) is 9.41. The normalized spacial score (nSPS) is 28.9. The number of rotatable bonds is 11. The molecule has 1 aliphatic carbocycles. The van der Waals surface area contributed by atoms with Crippen molar-refractivity contribution in [3.05, 3.63) is 71.3 Å². The predicted octanol–water partition coefficient (Wildman–Crippen LogP) is 2.79. The summed E-state index contributed by atoms with van der Waals surface area (Å²) in [6, 6.07) is 12.9. The molecular formula is C35H42N2O10. The SMILES string of the molecule is CC(C)(C)OC(=O)CCC(CO)NC(=O)C12CC3OC(=O)C1N(Cc1ccccc1C=CCc1ccccc1O)OC2C1OCOC31. The van der Waals surface area contributed by atoms with E-state index in [1.54, 1.807) is 32.9 Å². The third-order valence-corrected chi connectivity index (χ3v) is 9.18. The number of nitrogens with one attached hydrogen (secondary N) is 1. The highest BCUT2D eigenvalue weighted by Gasteiger charge is 2.74. The molecule has 1 saturated carbocycles. The number of para-hydroxylation sites is 1. The van der Waals surface area contributed by atoms with Crippen molar-refractivity contribution in [1.82, 2.24) is 10.4 Å². The van der Waals surface area contributed by atoms with E-state index in [1.165, 1.54) is 5.06 Å². The number of ether oxygens (including phenoxy) is 4. The first kappa shape index (κ1) is 33.1. The molecule has 0 radical (unpaired) electrons. The minimum Gasteiger partial charge on any atom is -0.508 e. The number of allylic oxidation sites excluding steroid dienone is 1. The fourth-order valence-corrected chi connectivity index (χ4v) is 7.05. The highest BCUT2D eigenvalue weighted by Crippen LogP contribution is 2.55. The smallest absolute Gasteiger partial charge is 0.327 e. The summed E-state index contributed by atoms with van der Waals surface area (Å²) >= 11 is 0. The molecule has 2 bridgehead atoms. The molecule has 3 aliphatic heterocycles. The van der Waals surface area contributed by atoms with Gasteiger partial charge >= 0.3 is 11.9 Å². The Balaban J connectivity index is 1.25. The number of nitrogens with zero attached hydrogens (tertiary/aromatic N) is 1. The quantitative estimate of drug-likeness (QED) is 0.308. The van der Waals surface area contributed by atoms with Gasteiger partial charge in [0.05, 0.1) is 19.2 Å². The van der Waals surface area contributed by atoms with E-state index in [-0.39, 0.29) is 38.3 Å². The number of aromatic hydroxyl groups is 1. The number of carbonyl (C=O) groups excluding carboxylic acids is 3. The van der Waals surface area contributed by atoms with Gasteiger partial charge in [-0.1, -0.05) is 54.6 Å². The molecule has 7 unspecified atom stereocenters. The zero-order valence-corrected chi connectivity index (χ0v) is 26.8. The maximum atomic E-state index is 14.4. The highest BCUT2D eigenvalue weighted by molar-refractivity contribution is 5.93. The monoisotopic (exact) mass is 650 g/mol. The van der Waals surface area contributed by atoms with Crippen LogP contribution in [-0.4, -0.2) is 88.6 Å². The van der Waals surface area contributed by atoms with E-state index < -0.39 is 72.0 Å². The van der Waals surface area contributed by atoms with E-state index in [0.717, 1.165) is 16.7 Å². The molecule has 4 fully saturated rings. The van der Waals surface area contributed by atoms with E-state index >= 15 is 0 Å². The van der Waals surface area contributed by atoms with Gasteiger partial charge in [-0.15, -0.1) is 0 Å². The second-order valence-corrected chi connectivity index (χ2v) is 13.5. The van der Waals surface area contributed by atoms with Gasteiger partial charge in [-0.05, 0) is 56.4 Å². The summed E-state index contributed by atoms with van der Waals surface area (Å²) in [4.78, 5) is 47.0. The number of carbonyl (C=O) groups is 3. The van der Waals surface area contributed by atoms with Crippen LogP contribution < -0.4 is 5.32 Å². The second-order valence-electron chi connectivity index (χ2n) is 13.5. The van der Waals surface area contributed by atoms with Crippen molar-refractivity contribution in [3.8, 4) is 5.75 Å². The molecule has 6 rings (SSSR count). The Morgan fingerprint density at radius 1 is 1.11 bits per heavy atom. The summed E-state index contributed by atoms with van der Waals surface area (Å²) in [5.74, 6) is -1.30. The molecule has 3 N–H and O–H groups in total. The average Bonchev–Trinajstić information content (AvgIpc) is 3.65. The number of hydrogen-bond donors (Lipinski definition) is 3. The van der Waals surface area contributed by atoms with Crippen LogP contribution in [0.3, 0.4) is 0 Å². The maximum absolute atomic E-state index is 14.4. The van der Waals surface area contributed by atoms with Gasteiger partial charge in [0.25, 0.3) is 0 Å². The first-order valence-corrected chi connectivity index (χ1v) is 16.0. The predicted molar refractivity (Wildman–Crippen MR) is 167 cm³/mol. The first-order chi connectivity index (χ1) is 22.5. The average molecular weight is 651 g/mol. The number of fused-ring (bicyclic) bond motifs is 4.